The van der Waals surface area contributed by atoms with Gasteiger partial charge in [-0.05, 0) is 76.7 Å². The molecule has 2 fully saturated rings. The van der Waals surface area contributed by atoms with Crippen molar-refractivity contribution in [2.75, 3.05) is 75.3 Å². The fourth-order valence-electron chi connectivity index (χ4n) is 6.39. The minimum Gasteiger partial charge on any atom is -0.463 e. The average Bonchev–Trinajstić information content (AvgIpc) is 3.03. The number of carbonyl (C=O) groups is 1. The maximum Gasteiger partial charge on any atom is 0.318 e. The van der Waals surface area contributed by atoms with Crippen LogP contribution in [0.5, 0.6) is 6.01 Å². The molecule has 1 aromatic heterocycles. The number of aryl methyl sites for hydroxylation is 2. The van der Waals surface area contributed by atoms with Crippen molar-refractivity contribution < 1.29 is 9.53 Å². The summed E-state index contributed by atoms with van der Waals surface area (Å²) in [6.45, 7) is 19.2. The molecule has 1 aromatic carbocycles. The molecule has 226 valence electrons. The first-order valence-electron chi connectivity index (χ1n) is 15.7. The molecule has 2 aromatic rings. The van der Waals surface area contributed by atoms with E-state index in [9.17, 15) is 4.79 Å². The van der Waals surface area contributed by atoms with Crippen LogP contribution in [-0.2, 0) is 17.8 Å². The van der Waals surface area contributed by atoms with Gasteiger partial charge in [-0.25, -0.2) is 0 Å². The fraction of sp³-hybridized carbons (Fsp3) is 0.576. The Morgan fingerprint density at radius 3 is 2.50 bits per heavy atom. The average molecular weight is 574 g/mol. The van der Waals surface area contributed by atoms with Crippen molar-refractivity contribution in [2.24, 2.45) is 4.99 Å². The molecule has 9 heteroatoms. The maximum atomic E-state index is 12.2. The van der Waals surface area contributed by atoms with Crippen LogP contribution in [-0.4, -0.2) is 97.4 Å². The van der Waals surface area contributed by atoms with Crippen LogP contribution < -0.4 is 14.5 Å². The first-order chi connectivity index (χ1) is 20.5. The van der Waals surface area contributed by atoms with Gasteiger partial charge in [0.25, 0.3) is 0 Å². The molecule has 0 spiro atoms. The van der Waals surface area contributed by atoms with Gasteiger partial charge in [-0.2, -0.15) is 9.97 Å². The monoisotopic (exact) mass is 573 g/mol. The zero-order valence-corrected chi connectivity index (χ0v) is 25.8. The number of carbonyl (C=O) groups excluding carboxylic acids is 1. The molecule has 0 N–H and O–H groups in total. The van der Waals surface area contributed by atoms with Crippen LogP contribution in [0.1, 0.15) is 60.6 Å². The SMILES string of the molecule is C=CC(=O)N1CCN(c2nc(OCCCN3CCCCC3)nc3c2CCN(c2c(C)ccc(C)c2C=NCC)C3)CC1. The number of benzene rings is 1. The minimum atomic E-state index is -0.0105. The van der Waals surface area contributed by atoms with E-state index >= 15 is 0 Å². The summed E-state index contributed by atoms with van der Waals surface area (Å²) < 4.78 is 6.24. The Kier molecular flexibility index (Phi) is 10.1. The molecule has 42 heavy (non-hydrogen) atoms. The van der Waals surface area contributed by atoms with Gasteiger partial charge in [-0.3, -0.25) is 9.79 Å². The second kappa shape index (κ2) is 14.1. The van der Waals surface area contributed by atoms with Crippen molar-refractivity contribution in [1.29, 1.82) is 0 Å². The Bertz CT molecular complexity index is 1280. The number of amides is 1. The number of aliphatic imine (C=N–C) groups is 1. The van der Waals surface area contributed by atoms with Gasteiger partial charge in [0.05, 0.1) is 18.8 Å². The van der Waals surface area contributed by atoms with Crippen LogP contribution >= 0.6 is 0 Å². The quantitative estimate of drug-likeness (QED) is 0.240. The molecule has 3 aliphatic heterocycles. The molecule has 0 aliphatic carbocycles. The molecule has 0 saturated carbocycles. The summed E-state index contributed by atoms with van der Waals surface area (Å²) >= 11 is 0. The highest BCUT2D eigenvalue weighted by atomic mass is 16.5. The molecular formula is C33H47N7O2. The van der Waals surface area contributed by atoms with Crippen LogP contribution in [0.25, 0.3) is 0 Å². The van der Waals surface area contributed by atoms with Gasteiger partial charge in [0.2, 0.25) is 5.91 Å². The van der Waals surface area contributed by atoms with E-state index in [0.717, 1.165) is 57.1 Å². The summed E-state index contributed by atoms with van der Waals surface area (Å²) in [6, 6.07) is 4.85. The Labute approximate surface area is 251 Å². The number of hydrogen-bond acceptors (Lipinski definition) is 8. The summed E-state index contributed by atoms with van der Waals surface area (Å²) in [5.74, 6) is 0.953. The summed E-state index contributed by atoms with van der Waals surface area (Å²) in [7, 11) is 0. The first kappa shape index (κ1) is 30.0. The van der Waals surface area contributed by atoms with Crippen molar-refractivity contribution in [1.82, 2.24) is 19.8 Å². The molecule has 0 bridgehead atoms. The van der Waals surface area contributed by atoms with E-state index in [4.69, 9.17) is 14.7 Å². The number of likely N-dealkylation sites (tertiary alicyclic amines) is 1. The second-order valence-corrected chi connectivity index (χ2v) is 11.6. The lowest BCUT2D eigenvalue weighted by molar-refractivity contribution is -0.126. The molecule has 5 rings (SSSR count). The van der Waals surface area contributed by atoms with Crippen LogP contribution in [0.3, 0.4) is 0 Å². The van der Waals surface area contributed by atoms with E-state index in [-0.39, 0.29) is 5.91 Å². The van der Waals surface area contributed by atoms with Crippen LogP contribution in [0.15, 0.2) is 29.8 Å². The molecule has 0 radical (unpaired) electrons. The molecule has 0 unspecified atom stereocenters. The summed E-state index contributed by atoms with van der Waals surface area (Å²) in [5.41, 5.74) is 7.12. The number of anilines is 2. The molecule has 2 saturated heterocycles. The Morgan fingerprint density at radius 1 is 1.00 bits per heavy atom. The number of aromatic nitrogens is 2. The molecular weight excluding hydrogens is 526 g/mol. The zero-order chi connectivity index (χ0) is 29.5. The second-order valence-electron chi connectivity index (χ2n) is 11.6. The number of piperazine rings is 1. The van der Waals surface area contributed by atoms with Crippen molar-refractivity contribution in [3.63, 3.8) is 0 Å². The zero-order valence-electron chi connectivity index (χ0n) is 25.8. The van der Waals surface area contributed by atoms with E-state index in [1.165, 1.54) is 66.4 Å². The fourth-order valence-corrected chi connectivity index (χ4v) is 6.39. The van der Waals surface area contributed by atoms with E-state index < -0.39 is 0 Å². The van der Waals surface area contributed by atoms with Crippen LogP contribution in [0.4, 0.5) is 11.5 Å². The number of nitrogens with zero attached hydrogens (tertiary/aromatic N) is 7. The standard InChI is InChI=1S/C33H47N7O2/c1-5-30(41)38-18-20-39(21-19-38)32-27-13-17-40(31-26(4)12-11-25(3)28(31)23-34-6-2)24-29(27)35-33(36-32)42-22-10-16-37-14-8-7-9-15-37/h5,11-12,23H,1,6-10,13-22,24H2,2-4H3. The van der Waals surface area contributed by atoms with Crippen molar-refractivity contribution in [2.45, 2.75) is 59.4 Å². The van der Waals surface area contributed by atoms with Crippen molar-refractivity contribution in [3.05, 3.63) is 52.7 Å². The number of fused-ring (bicyclic) bond motifs is 1. The Morgan fingerprint density at radius 2 is 1.76 bits per heavy atom. The number of rotatable bonds is 10. The molecule has 4 heterocycles. The van der Waals surface area contributed by atoms with E-state index in [1.807, 2.05) is 11.1 Å². The van der Waals surface area contributed by atoms with Crippen LogP contribution in [0, 0.1) is 13.8 Å². The molecule has 0 atom stereocenters. The highest BCUT2D eigenvalue weighted by Gasteiger charge is 2.29. The Hall–Kier alpha value is -3.46. The van der Waals surface area contributed by atoms with Gasteiger partial charge in [-0.1, -0.05) is 25.1 Å². The predicted molar refractivity (Wildman–Crippen MR) is 170 cm³/mol. The number of ether oxygens (including phenoxy) is 1. The summed E-state index contributed by atoms with van der Waals surface area (Å²) in [6.07, 6.45) is 9.19. The van der Waals surface area contributed by atoms with Gasteiger partial charge >= 0.3 is 6.01 Å². The number of piperidine rings is 1. The largest absolute Gasteiger partial charge is 0.463 e. The third-order valence-corrected chi connectivity index (χ3v) is 8.74. The topological polar surface area (TPSA) is 77.4 Å². The molecule has 3 aliphatic rings. The third kappa shape index (κ3) is 6.94. The normalized spacial score (nSPS) is 17.9. The van der Waals surface area contributed by atoms with Crippen LogP contribution in [0.2, 0.25) is 0 Å². The van der Waals surface area contributed by atoms with E-state index in [0.29, 0.717) is 32.3 Å². The first-order valence-corrected chi connectivity index (χ1v) is 15.7. The van der Waals surface area contributed by atoms with Gasteiger partial charge < -0.3 is 24.3 Å². The summed E-state index contributed by atoms with van der Waals surface area (Å²) in [4.78, 5) is 35.9. The lowest BCUT2D eigenvalue weighted by Crippen LogP contribution is -2.49. The van der Waals surface area contributed by atoms with E-state index in [2.05, 4.69) is 59.2 Å². The molecule has 9 nitrogen and oxygen atoms in total. The minimum absolute atomic E-state index is 0.0105. The predicted octanol–water partition coefficient (Wildman–Crippen LogP) is 4.18. The highest BCUT2D eigenvalue weighted by molar-refractivity contribution is 5.91. The lowest BCUT2D eigenvalue weighted by Gasteiger charge is -2.38. The maximum absolute atomic E-state index is 12.2. The van der Waals surface area contributed by atoms with Crippen molar-refractivity contribution >= 4 is 23.6 Å². The lowest BCUT2D eigenvalue weighted by atomic mass is 9.98. The van der Waals surface area contributed by atoms with Gasteiger partial charge in [0.15, 0.2) is 0 Å². The summed E-state index contributed by atoms with van der Waals surface area (Å²) in [5, 5.41) is 0. The van der Waals surface area contributed by atoms with Crippen molar-refractivity contribution in [3.8, 4) is 6.01 Å². The van der Waals surface area contributed by atoms with Gasteiger partial charge in [-0.15, -0.1) is 0 Å². The molecule has 1 amide bonds. The van der Waals surface area contributed by atoms with Gasteiger partial charge in [0.1, 0.15) is 5.82 Å². The third-order valence-electron chi connectivity index (χ3n) is 8.74. The smallest absolute Gasteiger partial charge is 0.318 e. The van der Waals surface area contributed by atoms with Gasteiger partial charge in [0, 0.05) is 68.8 Å². The van der Waals surface area contributed by atoms with E-state index in [1.54, 1.807) is 0 Å². The highest BCUT2D eigenvalue weighted by Crippen LogP contribution is 2.34. The Balaban J connectivity index is 1.39. The number of hydrogen-bond donors (Lipinski definition) is 0.